The predicted octanol–water partition coefficient (Wildman–Crippen LogP) is 2.56. The van der Waals surface area contributed by atoms with Gasteiger partial charge in [-0.05, 0) is 25.8 Å². The summed E-state index contributed by atoms with van der Waals surface area (Å²) in [4.78, 5) is 8.28. The highest BCUT2D eigenvalue weighted by atomic mass is 19.3. The number of rotatable bonds is 3. The predicted molar refractivity (Wildman–Crippen MR) is 60.7 cm³/mol. The van der Waals surface area contributed by atoms with Crippen LogP contribution in [-0.4, -0.2) is 22.9 Å². The molecule has 0 aromatic carbocycles. The summed E-state index contributed by atoms with van der Waals surface area (Å²) in [6.07, 6.45) is 5.99. The van der Waals surface area contributed by atoms with Gasteiger partial charge in [-0.2, -0.15) is 0 Å². The van der Waals surface area contributed by atoms with Crippen LogP contribution in [-0.2, 0) is 0 Å². The van der Waals surface area contributed by atoms with Crippen LogP contribution in [0.15, 0.2) is 18.6 Å². The van der Waals surface area contributed by atoms with E-state index in [-0.39, 0.29) is 24.8 Å². The Hall–Kier alpha value is -1.10. The van der Waals surface area contributed by atoms with Crippen molar-refractivity contribution < 1.29 is 8.78 Å². The second kappa shape index (κ2) is 5.04. The third kappa shape index (κ3) is 2.97. The monoisotopic (exact) mass is 241 g/mol. The van der Waals surface area contributed by atoms with E-state index in [1.54, 1.807) is 18.6 Å². The van der Waals surface area contributed by atoms with E-state index in [9.17, 15) is 8.78 Å². The van der Waals surface area contributed by atoms with Gasteiger partial charge in [0.25, 0.3) is 0 Å². The highest BCUT2D eigenvalue weighted by Crippen LogP contribution is 2.40. The zero-order valence-electron chi connectivity index (χ0n) is 9.87. The van der Waals surface area contributed by atoms with Crippen LogP contribution in [0.4, 0.5) is 8.78 Å². The maximum absolute atomic E-state index is 13.1. The van der Waals surface area contributed by atoms with Crippen LogP contribution < -0.4 is 5.32 Å². The van der Waals surface area contributed by atoms with Gasteiger partial charge in [0.2, 0.25) is 5.92 Å². The Morgan fingerprint density at radius 2 is 2.06 bits per heavy atom. The Labute approximate surface area is 99.7 Å². The van der Waals surface area contributed by atoms with Gasteiger partial charge in [0, 0.05) is 31.4 Å². The summed E-state index contributed by atoms with van der Waals surface area (Å²) < 4.78 is 26.2. The van der Waals surface area contributed by atoms with Crippen molar-refractivity contribution in [1.29, 1.82) is 0 Å². The number of hydrogen-bond acceptors (Lipinski definition) is 3. The number of hydrogen-bond donors (Lipinski definition) is 1. The van der Waals surface area contributed by atoms with E-state index in [2.05, 4.69) is 15.3 Å². The maximum atomic E-state index is 13.1. The molecule has 1 atom stereocenters. The third-order valence-electron chi connectivity index (χ3n) is 3.45. The zero-order valence-corrected chi connectivity index (χ0v) is 9.87. The first kappa shape index (κ1) is 12.4. The molecule has 1 aromatic rings. The minimum atomic E-state index is -2.48. The lowest BCUT2D eigenvalue weighted by Crippen LogP contribution is -2.33. The fourth-order valence-corrected chi connectivity index (χ4v) is 2.49. The van der Waals surface area contributed by atoms with E-state index in [4.69, 9.17) is 0 Å². The molecular weight excluding hydrogens is 224 g/mol. The van der Waals surface area contributed by atoms with Gasteiger partial charge in [0.1, 0.15) is 0 Å². The van der Waals surface area contributed by atoms with Crippen molar-refractivity contribution >= 4 is 0 Å². The van der Waals surface area contributed by atoms with Crippen LogP contribution in [0, 0.1) is 5.92 Å². The van der Waals surface area contributed by atoms with E-state index in [1.807, 2.05) is 7.05 Å². The second-order valence-corrected chi connectivity index (χ2v) is 4.59. The third-order valence-corrected chi connectivity index (χ3v) is 3.45. The number of aromatic nitrogens is 2. The quantitative estimate of drug-likeness (QED) is 0.883. The zero-order chi connectivity index (χ0) is 12.3. The highest BCUT2D eigenvalue weighted by Gasteiger charge is 2.37. The average Bonchev–Trinajstić information content (AvgIpc) is 2.33. The van der Waals surface area contributed by atoms with E-state index in [1.165, 1.54) is 0 Å². The molecule has 0 saturated heterocycles. The molecule has 5 heteroatoms. The molecule has 0 spiro atoms. The molecule has 17 heavy (non-hydrogen) atoms. The van der Waals surface area contributed by atoms with Gasteiger partial charge in [-0.1, -0.05) is 0 Å². The van der Waals surface area contributed by atoms with Gasteiger partial charge in [0.05, 0.1) is 11.7 Å². The Kier molecular flexibility index (Phi) is 3.66. The van der Waals surface area contributed by atoms with Crippen LogP contribution >= 0.6 is 0 Å². The van der Waals surface area contributed by atoms with Crippen molar-refractivity contribution in [2.45, 2.75) is 37.6 Å². The highest BCUT2D eigenvalue weighted by molar-refractivity contribution is 5.05. The smallest absolute Gasteiger partial charge is 0.248 e. The Morgan fingerprint density at radius 3 is 2.59 bits per heavy atom. The van der Waals surface area contributed by atoms with Crippen molar-refractivity contribution in [1.82, 2.24) is 15.3 Å². The largest absolute Gasteiger partial charge is 0.311 e. The van der Waals surface area contributed by atoms with Crippen molar-refractivity contribution in [2.75, 3.05) is 7.05 Å². The summed E-state index contributed by atoms with van der Waals surface area (Å²) in [5.41, 5.74) is 0.838. The van der Waals surface area contributed by atoms with E-state index < -0.39 is 5.92 Å². The molecule has 94 valence electrons. The molecule has 1 N–H and O–H groups in total. The Bertz CT molecular complexity index is 346. The van der Waals surface area contributed by atoms with Gasteiger partial charge < -0.3 is 5.32 Å². The van der Waals surface area contributed by atoms with Crippen molar-refractivity contribution in [2.24, 2.45) is 5.92 Å². The molecule has 1 unspecified atom stereocenters. The first-order valence-corrected chi connectivity index (χ1v) is 5.93. The molecule has 1 aromatic heterocycles. The molecule has 0 aliphatic heterocycles. The fraction of sp³-hybridized carbons (Fsp3) is 0.667. The van der Waals surface area contributed by atoms with Gasteiger partial charge in [0.15, 0.2) is 0 Å². The number of nitrogens with zero attached hydrogens (tertiary/aromatic N) is 2. The first-order chi connectivity index (χ1) is 8.12. The van der Waals surface area contributed by atoms with Crippen LogP contribution in [0.2, 0.25) is 0 Å². The SMILES string of the molecule is CNC(c1cnccn1)C1CCC(F)(F)CC1. The molecule has 1 aliphatic carbocycles. The number of nitrogens with one attached hydrogen (secondary N) is 1. The Balaban J connectivity index is 2.05. The lowest BCUT2D eigenvalue weighted by atomic mass is 9.81. The lowest BCUT2D eigenvalue weighted by Gasteiger charge is -2.33. The van der Waals surface area contributed by atoms with Gasteiger partial charge in [-0.25, -0.2) is 8.78 Å². The van der Waals surface area contributed by atoms with Gasteiger partial charge in [-0.3, -0.25) is 9.97 Å². The van der Waals surface area contributed by atoms with Crippen LogP contribution in [0.1, 0.15) is 37.4 Å². The summed E-state index contributed by atoms with van der Waals surface area (Å²) in [7, 11) is 1.84. The van der Waals surface area contributed by atoms with Crippen LogP contribution in [0.5, 0.6) is 0 Å². The minimum Gasteiger partial charge on any atom is -0.311 e. The number of halogens is 2. The van der Waals surface area contributed by atoms with Crippen molar-refractivity contribution in [3.05, 3.63) is 24.3 Å². The molecule has 2 rings (SSSR count). The summed E-state index contributed by atoms with van der Waals surface area (Å²) in [6, 6.07) is 0.0276. The lowest BCUT2D eigenvalue weighted by molar-refractivity contribution is -0.0496. The molecule has 1 aliphatic rings. The summed E-state index contributed by atoms with van der Waals surface area (Å²) in [5, 5.41) is 3.17. The van der Waals surface area contributed by atoms with Crippen LogP contribution in [0.3, 0.4) is 0 Å². The molecule has 0 radical (unpaired) electrons. The minimum absolute atomic E-state index is 0.0177. The van der Waals surface area contributed by atoms with Gasteiger partial charge >= 0.3 is 0 Å². The molecule has 3 nitrogen and oxygen atoms in total. The molecule has 1 heterocycles. The maximum Gasteiger partial charge on any atom is 0.248 e. The standard InChI is InChI=1S/C12H17F2N3/c1-15-11(10-8-16-6-7-17-10)9-2-4-12(13,14)5-3-9/h6-9,11,15H,2-5H2,1H3. The van der Waals surface area contributed by atoms with E-state index in [0.717, 1.165) is 5.69 Å². The van der Waals surface area contributed by atoms with Crippen molar-refractivity contribution in [3.63, 3.8) is 0 Å². The second-order valence-electron chi connectivity index (χ2n) is 4.59. The van der Waals surface area contributed by atoms with E-state index >= 15 is 0 Å². The summed E-state index contributed by atoms with van der Waals surface area (Å²) in [5.74, 6) is -2.26. The topological polar surface area (TPSA) is 37.8 Å². The Morgan fingerprint density at radius 1 is 1.35 bits per heavy atom. The number of alkyl halides is 2. The van der Waals surface area contributed by atoms with Gasteiger partial charge in [-0.15, -0.1) is 0 Å². The molecule has 0 bridgehead atoms. The first-order valence-electron chi connectivity index (χ1n) is 5.93. The summed E-state index contributed by atoms with van der Waals surface area (Å²) >= 11 is 0. The summed E-state index contributed by atoms with van der Waals surface area (Å²) in [6.45, 7) is 0. The average molecular weight is 241 g/mol. The van der Waals surface area contributed by atoms with Crippen molar-refractivity contribution in [3.8, 4) is 0 Å². The molecule has 1 saturated carbocycles. The normalized spacial score (nSPS) is 22.3. The van der Waals surface area contributed by atoms with Crippen LogP contribution in [0.25, 0.3) is 0 Å². The molecule has 0 amide bonds. The fourth-order valence-electron chi connectivity index (χ4n) is 2.49. The molecule has 1 fully saturated rings. The molecular formula is C12H17F2N3. The van der Waals surface area contributed by atoms with E-state index in [0.29, 0.717) is 12.8 Å².